The number of hydrogen-bond donors (Lipinski definition) is 0. The number of unbranched alkanes of at least 4 members (excludes halogenated alkanes) is 2. The van der Waals surface area contributed by atoms with Crippen LogP contribution in [0.5, 0.6) is 0 Å². The van der Waals surface area contributed by atoms with Gasteiger partial charge in [-0.3, -0.25) is 0 Å². The molecule has 0 radical (unpaired) electrons. The first-order chi connectivity index (χ1) is 8.13. The molecule has 0 rings (SSSR count). The highest BCUT2D eigenvalue weighted by atomic mass is 79.9. The van der Waals surface area contributed by atoms with Crippen LogP contribution in [0, 0.1) is 11.8 Å². The topological polar surface area (TPSA) is 0 Å². The minimum Gasteiger partial charge on any atom is -1.00 e. The standard InChI is InChI=1S/C15H34P2.2BrH/c1-14(2)9-5-7-11-16-13-17-12-8-6-10-15(3)4;;/h14-17H,5-13H2,1-4H3;2*1H. The predicted molar refractivity (Wildman–Crippen MR) is 91.4 cm³/mol. The third kappa shape index (κ3) is 25.1. The summed E-state index contributed by atoms with van der Waals surface area (Å²) in [6, 6.07) is 0. The van der Waals surface area contributed by atoms with Crippen LogP contribution in [0.1, 0.15) is 66.2 Å². The van der Waals surface area contributed by atoms with E-state index in [1.165, 1.54) is 38.5 Å². The Balaban J connectivity index is -0.00000128. The Morgan fingerprint density at radius 1 is 0.632 bits per heavy atom. The molecule has 2 unspecified atom stereocenters. The van der Waals surface area contributed by atoms with Crippen molar-refractivity contribution in [1.29, 1.82) is 0 Å². The molecule has 0 aromatic rings. The summed E-state index contributed by atoms with van der Waals surface area (Å²) in [5.41, 5.74) is 0. The summed E-state index contributed by atoms with van der Waals surface area (Å²) in [4.78, 5) is 0. The second kappa shape index (κ2) is 19.8. The van der Waals surface area contributed by atoms with Crippen molar-refractivity contribution in [3.63, 3.8) is 0 Å². The van der Waals surface area contributed by atoms with Gasteiger partial charge in [-0.2, -0.15) is 0 Å². The maximum absolute atomic E-state index is 2.34. The Kier molecular flexibility index (Phi) is 26.9. The zero-order valence-corrected chi connectivity index (χ0v) is 18.9. The Hall–Kier alpha value is 1.82. The van der Waals surface area contributed by atoms with Crippen LogP contribution in [-0.2, 0) is 0 Å². The zero-order chi connectivity index (χ0) is 12.9. The van der Waals surface area contributed by atoms with Gasteiger partial charge in [-0.25, -0.2) is 0 Å². The van der Waals surface area contributed by atoms with E-state index in [1.807, 2.05) is 0 Å². The Bertz CT molecular complexity index is 137. The van der Waals surface area contributed by atoms with Crippen molar-refractivity contribution in [3.05, 3.63) is 0 Å². The molecule has 19 heavy (non-hydrogen) atoms. The van der Waals surface area contributed by atoms with Crippen molar-refractivity contribution >= 4 is 17.2 Å². The van der Waals surface area contributed by atoms with Crippen LogP contribution >= 0.6 is 17.2 Å². The molecule has 0 heterocycles. The molecule has 0 N–H and O–H groups in total. The van der Waals surface area contributed by atoms with E-state index >= 15 is 0 Å². The van der Waals surface area contributed by atoms with Gasteiger partial charge in [0.2, 0.25) is 0 Å². The fourth-order valence-electron chi connectivity index (χ4n) is 2.04. The van der Waals surface area contributed by atoms with Crippen molar-refractivity contribution in [2.75, 3.05) is 18.2 Å². The van der Waals surface area contributed by atoms with Gasteiger partial charge < -0.3 is 34.0 Å². The normalized spacial score (nSPS) is 11.7. The molecular formula is C15H36Br2P2. The molecule has 2 atom stereocenters. The maximum atomic E-state index is 2.34. The number of halogens is 2. The van der Waals surface area contributed by atoms with Crippen LogP contribution in [0.4, 0.5) is 0 Å². The van der Waals surface area contributed by atoms with Gasteiger partial charge in [0.1, 0.15) is 0 Å². The molecule has 0 aliphatic rings. The van der Waals surface area contributed by atoms with Gasteiger partial charge in [0.25, 0.3) is 0 Å². The highest BCUT2D eigenvalue weighted by Gasteiger charge is 2.02. The van der Waals surface area contributed by atoms with E-state index in [9.17, 15) is 0 Å². The van der Waals surface area contributed by atoms with Gasteiger partial charge in [0.15, 0.2) is 5.90 Å². The van der Waals surface area contributed by atoms with Gasteiger partial charge in [-0.1, -0.05) is 40.5 Å². The number of rotatable bonds is 12. The zero-order valence-electron chi connectivity index (χ0n) is 13.4. The van der Waals surface area contributed by atoms with Crippen molar-refractivity contribution in [3.8, 4) is 0 Å². The monoisotopic (exact) mass is 436 g/mol. The minimum atomic E-state index is 0. The summed E-state index contributed by atoms with van der Waals surface area (Å²) in [6.45, 7) is 9.37. The van der Waals surface area contributed by atoms with Crippen molar-refractivity contribution in [1.82, 2.24) is 0 Å². The highest BCUT2D eigenvalue weighted by Crippen LogP contribution is 2.26. The summed E-state index contributed by atoms with van der Waals surface area (Å²) in [5, 5.41) is 0. The first-order valence-corrected chi connectivity index (χ1v) is 11.0. The minimum absolute atomic E-state index is 0. The molecule has 0 aromatic carbocycles. The average molecular weight is 438 g/mol. The lowest BCUT2D eigenvalue weighted by Gasteiger charge is -2.02. The van der Waals surface area contributed by atoms with Crippen LogP contribution in [0.3, 0.4) is 0 Å². The average Bonchev–Trinajstić information content (AvgIpc) is 2.25. The van der Waals surface area contributed by atoms with E-state index in [0.717, 1.165) is 29.0 Å². The first-order valence-electron chi connectivity index (χ1n) is 7.76. The molecule has 0 spiro atoms. The van der Waals surface area contributed by atoms with Gasteiger partial charge in [-0.15, -0.1) is 0 Å². The highest BCUT2D eigenvalue weighted by molar-refractivity contribution is 7.56. The molecule has 120 valence electrons. The summed E-state index contributed by atoms with van der Waals surface area (Å²) in [7, 11) is 1.63. The van der Waals surface area contributed by atoms with E-state index in [-0.39, 0.29) is 34.0 Å². The molecule has 0 bridgehead atoms. The van der Waals surface area contributed by atoms with Crippen LogP contribution in [0.25, 0.3) is 0 Å². The molecule has 4 heteroatoms. The fourth-order valence-corrected chi connectivity index (χ4v) is 6.02. The van der Waals surface area contributed by atoms with E-state index in [4.69, 9.17) is 0 Å². The van der Waals surface area contributed by atoms with Gasteiger partial charge >= 0.3 is 0 Å². The van der Waals surface area contributed by atoms with Gasteiger partial charge in [0, 0.05) is 17.2 Å². The van der Waals surface area contributed by atoms with Crippen LogP contribution in [0.2, 0.25) is 0 Å². The smallest absolute Gasteiger partial charge is 0.150 e. The second-order valence-corrected chi connectivity index (χ2v) is 10.4. The van der Waals surface area contributed by atoms with Crippen LogP contribution in [-0.4, -0.2) is 18.2 Å². The lowest BCUT2D eigenvalue weighted by atomic mass is 10.1. The summed E-state index contributed by atoms with van der Waals surface area (Å²) < 4.78 is 0. The van der Waals surface area contributed by atoms with Gasteiger partial charge in [-0.05, 0) is 37.5 Å². The molecule has 0 aliphatic carbocycles. The van der Waals surface area contributed by atoms with Crippen molar-refractivity contribution < 1.29 is 34.0 Å². The summed E-state index contributed by atoms with van der Waals surface area (Å²) >= 11 is 0. The SMILES string of the molecule is CC(C)CCCC[PH2+]C[PH2+]CCCCC(C)C.[Br-].[Br-]. The first kappa shape index (κ1) is 25.8. The van der Waals surface area contributed by atoms with Crippen LogP contribution < -0.4 is 34.0 Å². The molecule has 0 saturated heterocycles. The Morgan fingerprint density at radius 3 is 1.32 bits per heavy atom. The molecule has 0 aromatic heterocycles. The number of hydrogen-bond acceptors (Lipinski definition) is 0. The maximum Gasteiger partial charge on any atom is 0.150 e. The molecule has 0 aliphatic heterocycles. The van der Waals surface area contributed by atoms with E-state index in [0.29, 0.717) is 0 Å². The van der Waals surface area contributed by atoms with Crippen molar-refractivity contribution in [2.45, 2.75) is 66.2 Å². The molecule has 0 saturated carbocycles. The second-order valence-electron chi connectivity index (χ2n) is 6.17. The third-order valence-electron chi connectivity index (χ3n) is 3.21. The van der Waals surface area contributed by atoms with E-state index < -0.39 is 0 Å². The Labute approximate surface area is 147 Å². The molecule has 0 nitrogen and oxygen atoms in total. The van der Waals surface area contributed by atoms with E-state index in [2.05, 4.69) is 27.7 Å². The molecular weight excluding hydrogens is 402 g/mol. The predicted octanol–water partition coefficient (Wildman–Crippen LogP) is -0.574. The Morgan fingerprint density at radius 2 is 1.00 bits per heavy atom. The lowest BCUT2D eigenvalue weighted by molar-refractivity contribution is -0.00100. The summed E-state index contributed by atoms with van der Waals surface area (Å²) in [6.07, 6.45) is 12.0. The fraction of sp³-hybridized carbons (Fsp3) is 1.00. The van der Waals surface area contributed by atoms with E-state index in [1.54, 1.807) is 18.2 Å². The van der Waals surface area contributed by atoms with Crippen LogP contribution in [0.15, 0.2) is 0 Å². The molecule has 0 amide bonds. The van der Waals surface area contributed by atoms with Crippen molar-refractivity contribution in [2.24, 2.45) is 11.8 Å². The summed E-state index contributed by atoms with van der Waals surface area (Å²) in [5.74, 6) is 3.47. The molecule has 0 fully saturated rings. The lowest BCUT2D eigenvalue weighted by Crippen LogP contribution is -3.00. The third-order valence-corrected chi connectivity index (χ3v) is 7.51. The van der Waals surface area contributed by atoms with Gasteiger partial charge in [0.05, 0.1) is 12.3 Å². The quantitative estimate of drug-likeness (QED) is 0.283. The largest absolute Gasteiger partial charge is 1.00 e.